The van der Waals surface area contributed by atoms with Gasteiger partial charge in [0.15, 0.2) is 0 Å². The van der Waals surface area contributed by atoms with Crippen LogP contribution in [0.15, 0.2) is 54.7 Å². The molecule has 3 aromatic rings. The van der Waals surface area contributed by atoms with Crippen molar-refractivity contribution in [1.29, 1.82) is 0 Å². The van der Waals surface area contributed by atoms with Crippen molar-refractivity contribution in [2.45, 2.75) is 88.8 Å². The highest BCUT2D eigenvalue weighted by Crippen LogP contribution is 2.36. The van der Waals surface area contributed by atoms with E-state index in [0.717, 1.165) is 48.7 Å². The zero-order chi connectivity index (χ0) is 24.2. The first-order valence-corrected chi connectivity index (χ1v) is 13.4. The quantitative estimate of drug-likeness (QED) is 0.371. The maximum atomic E-state index is 14.3. The number of para-hydroxylation sites is 1. The van der Waals surface area contributed by atoms with Crippen LogP contribution < -0.4 is 11.1 Å². The Balaban J connectivity index is 0.00000304. The Morgan fingerprint density at radius 2 is 1.75 bits per heavy atom. The van der Waals surface area contributed by atoms with Gasteiger partial charge in [-0.1, -0.05) is 49.6 Å². The molecule has 0 aliphatic heterocycles. The second kappa shape index (κ2) is 12.2. The minimum Gasteiger partial charge on any atom is -0.353 e. The Kier molecular flexibility index (Phi) is 9.08. The molecule has 1 atom stereocenters. The molecule has 2 aliphatic rings. The molecule has 2 aromatic carbocycles. The first-order chi connectivity index (χ1) is 17.1. The van der Waals surface area contributed by atoms with Crippen LogP contribution in [0, 0.1) is 11.7 Å². The molecule has 1 unspecified atom stereocenters. The standard InChI is InChI=1S/C30H38FN3O.ClH/c31-23-10-6-9-22(17-23)27(18-30(35)33-25-15-13-24(32)14-16-25)28-20-34(19-21-7-2-1-3-8-21)29-12-5-4-11-26(28)29;/h4-6,9-12,17,20-21,24-25,27H,1-3,7-8,13-16,18-19,32H2,(H,33,35);1H. The zero-order valence-electron chi connectivity index (χ0n) is 21.0. The van der Waals surface area contributed by atoms with Crippen LogP contribution in [0.5, 0.6) is 0 Å². The van der Waals surface area contributed by atoms with Crippen LogP contribution >= 0.6 is 12.4 Å². The highest BCUT2D eigenvalue weighted by Gasteiger charge is 2.26. The van der Waals surface area contributed by atoms with Gasteiger partial charge in [0.05, 0.1) is 0 Å². The van der Waals surface area contributed by atoms with Gasteiger partial charge in [-0.15, -0.1) is 12.4 Å². The van der Waals surface area contributed by atoms with Gasteiger partial charge in [0.25, 0.3) is 0 Å². The van der Waals surface area contributed by atoms with Crippen LogP contribution in [0.1, 0.15) is 81.3 Å². The minimum absolute atomic E-state index is 0. The number of benzene rings is 2. The summed E-state index contributed by atoms with van der Waals surface area (Å²) in [7, 11) is 0. The van der Waals surface area contributed by atoms with E-state index in [1.165, 1.54) is 43.7 Å². The lowest BCUT2D eigenvalue weighted by atomic mass is 9.87. The Bertz CT molecular complexity index is 1150. The third-order valence-electron chi connectivity index (χ3n) is 8.15. The number of nitrogens with zero attached hydrogens (tertiary/aromatic N) is 1. The van der Waals surface area contributed by atoms with E-state index in [9.17, 15) is 9.18 Å². The molecular weight excluding hydrogens is 473 g/mol. The van der Waals surface area contributed by atoms with E-state index in [0.29, 0.717) is 12.3 Å². The summed E-state index contributed by atoms with van der Waals surface area (Å²) in [4.78, 5) is 13.3. The van der Waals surface area contributed by atoms with E-state index in [2.05, 4.69) is 40.3 Å². The molecule has 0 saturated heterocycles. The summed E-state index contributed by atoms with van der Waals surface area (Å²) in [5.41, 5.74) is 9.22. The first kappa shape index (κ1) is 26.7. The summed E-state index contributed by atoms with van der Waals surface area (Å²) in [6.45, 7) is 1.00. The van der Waals surface area contributed by atoms with Gasteiger partial charge in [0.1, 0.15) is 5.82 Å². The fraction of sp³-hybridized carbons (Fsp3) is 0.500. The Morgan fingerprint density at radius 3 is 2.50 bits per heavy atom. The first-order valence-electron chi connectivity index (χ1n) is 13.4. The number of rotatable bonds is 7. The molecule has 2 aliphatic carbocycles. The third kappa shape index (κ3) is 6.30. The summed E-state index contributed by atoms with van der Waals surface area (Å²) in [5, 5.41) is 4.41. The normalized spacial score (nSPS) is 21.6. The van der Waals surface area contributed by atoms with Gasteiger partial charge in [-0.05, 0) is 73.8 Å². The predicted octanol–water partition coefficient (Wildman–Crippen LogP) is 6.69. The number of hydrogen-bond donors (Lipinski definition) is 2. The number of nitrogens with two attached hydrogens (primary N) is 1. The van der Waals surface area contributed by atoms with Gasteiger partial charge in [-0.3, -0.25) is 4.79 Å². The molecule has 2 saturated carbocycles. The summed E-state index contributed by atoms with van der Waals surface area (Å²) >= 11 is 0. The topological polar surface area (TPSA) is 60.0 Å². The molecule has 194 valence electrons. The van der Waals surface area contributed by atoms with Crippen LogP contribution in [-0.2, 0) is 11.3 Å². The second-order valence-electron chi connectivity index (χ2n) is 10.7. The van der Waals surface area contributed by atoms with Crippen LogP contribution in [0.3, 0.4) is 0 Å². The molecule has 2 fully saturated rings. The molecule has 36 heavy (non-hydrogen) atoms. The van der Waals surface area contributed by atoms with E-state index in [1.807, 2.05) is 6.07 Å². The lowest BCUT2D eigenvalue weighted by Crippen LogP contribution is -2.40. The number of hydrogen-bond acceptors (Lipinski definition) is 2. The van der Waals surface area contributed by atoms with Crippen molar-refractivity contribution >= 4 is 29.2 Å². The van der Waals surface area contributed by atoms with Gasteiger partial charge in [0, 0.05) is 48.1 Å². The third-order valence-corrected chi connectivity index (χ3v) is 8.15. The van der Waals surface area contributed by atoms with E-state index < -0.39 is 0 Å². The fourth-order valence-electron chi connectivity index (χ4n) is 6.22. The van der Waals surface area contributed by atoms with Gasteiger partial charge in [-0.25, -0.2) is 4.39 Å². The number of aromatic nitrogens is 1. The molecule has 1 amide bonds. The molecule has 5 rings (SSSR count). The molecule has 3 N–H and O–H groups in total. The number of nitrogens with one attached hydrogen (secondary N) is 1. The second-order valence-corrected chi connectivity index (χ2v) is 10.7. The molecule has 0 radical (unpaired) electrons. The van der Waals surface area contributed by atoms with Gasteiger partial charge in [-0.2, -0.15) is 0 Å². The van der Waals surface area contributed by atoms with Crippen molar-refractivity contribution in [3.05, 3.63) is 71.7 Å². The minimum atomic E-state index is -0.264. The zero-order valence-corrected chi connectivity index (χ0v) is 21.8. The summed E-state index contributed by atoms with van der Waals surface area (Å²) in [6.07, 6.45) is 12.8. The number of carbonyl (C=O) groups is 1. The molecular formula is C30H39ClFN3O. The predicted molar refractivity (Wildman–Crippen MR) is 147 cm³/mol. The number of amides is 1. The number of halogens is 2. The molecule has 1 aromatic heterocycles. The molecule has 0 spiro atoms. The monoisotopic (exact) mass is 511 g/mol. The maximum Gasteiger partial charge on any atom is 0.221 e. The van der Waals surface area contributed by atoms with Crippen LogP contribution in [-0.4, -0.2) is 22.6 Å². The lowest BCUT2D eigenvalue weighted by molar-refractivity contribution is -0.122. The smallest absolute Gasteiger partial charge is 0.221 e. The summed E-state index contributed by atoms with van der Waals surface area (Å²) < 4.78 is 16.7. The van der Waals surface area contributed by atoms with Crippen molar-refractivity contribution in [1.82, 2.24) is 9.88 Å². The van der Waals surface area contributed by atoms with Crippen LogP contribution in [0.2, 0.25) is 0 Å². The highest BCUT2D eigenvalue weighted by molar-refractivity contribution is 5.87. The fourth-order valence-corrected chi connectivity index (χ4v) is 6.22. The maximum absolute atomic E-state index is 14.3. The largest absolute Gasteiger partial charge is 0.353 e. The van der Waals surface area contributed by atoms with Gasteiger partial charge >= 0.3 is 0 Å². The van der Waals surface area contributed by atoms with Crippen molar-refractivity contribution < 1.29 is 9.18 Å². The lowest BCUT2D eigenvalue weighted by Gasteiger charge is -2.27. The van der Waals surface area contributed by atoms with E-state index in [1.54, 1.807) is 12.1 Å². The number of fused-ring (bicyclic) bond motifs is 1. The molecule has 6 heteroatoms. The van der Waals surface area contributed by atoms with Crippen LogP contribution in [0.25, 0.3) is 10.9 Å². The van der Waals surface area contributed by atoms with Crippen molar-refractivity contribution in [2.75, 3.05) is 0 Å². The summed E-state index contributed by atoms with van der Waals surface area (Å²) in [5.74, 6) is 0.263. The van der Waals surface area contributed by atoms with Crippen molar-refractivity contribution in [3.63, 3.8) is 0 Å². The van der Waals surface area contributed by atoms with Gasteiger partial charge < -0.3 is 15.6 Å². The number of carbonyl (C=O) groups excluding carboxylic acids is 1. The van der Waals surface area contributed by atoms with E-state index in [-0.39, 0.29) is 42.1 Å². The molecule has 1 heterocycles. The average Bonchev–Trinajstić information content (AvgIpc) is 3.23. The Hall–Kier alpha value is -2.37. The van der Waals surface area contributed by atoms with Crippen molar-refractivity contribution in [3.8, 4) is 0 Å². The van der Waals surface area contributed by atoms with E-state index >= 15 is 0 Å². The molecule has 0 bridgehead atoms. The molecule has 4 nitrogen and oxygen atoms in total. The summed E-state index contributed by atoms with van der Waals surface area (Å²) in [6, 6.07) is 15.7. The Morgan fingerprint density at radius 1 is 1.00 bits per heavy atom. The van der Waals surface area contributed by atoms with E-state index in [4.69, 9.17) is 5.73 Å². The van der Waals surface area contributed by atoms with Crippen LogP contribution in [0.4, 0.5) is 4.39 Å². The highest BCUT2D eigenvalue weighted by atomic mass is 35.5. The Labute approximate surface area is 220 Å². The average molecular weight is 512 g/mol. The van der Waals surface area contributed by atoms with Crippen molar-refractivity contribution in [2.24, 2.45) is 11.7 Å². The van der Waals surface area contributed by atoms with Gasteiger partial charge in [0.2, 0.25) is 5.91 Å². The SMILES string of the molecule is Cl.NC1CCC(NC(=O)CC(c2cccc(F)c2)c2cn(CC3CCCCC3)c3ccccc23)CC1.